The number of nitrogens with one attached hydrogen (secondary N) is 1. The number of para-hydroxylation sites is 1. The maximum atomic E-state index is 12.4. The number of ether oxygens (including phenoxy) is 2. The van der Waals surface area contributed by atoms with E-state index in [4.69, 9.17) is 9.47 Å². The predicted molar refractivity (Wildman–Crippen MR) is 104 cm³/mol. The molecule has 134 valence electrons. The van der Waals surface area contributed by atoms with Crippen molar-refractivity contribution >= 4 is 16.7 Å². The van der Waals surface area contributed by atoms with E-state index in [9.17, 15) is 4.79 Å². The van der Waals surface area contributed by atoms with Crippen LogP contribution in [0.2, 0.25) is 0 Å². The Balaban J connectivity index is 1.56. The highest BCUT2D eigenvalue weighted by atomic mass is 16.5. The topological polar surface area (TPSA) is 47.6 Å². The number of benzene rings is 3. The second-order valence-electron chi connectivity index (χ2n) is 6.15. The lowest BCUT2D eigenvalue weighted by Gasteiger charge is -2.14. The maximum absolute atomic E-state index is 12.4. The van der Waals surface area contributed by atoms with Crippen molar-refractivity contribution in [2.75, 3.05) is 20.3 Å². The van der Waals surface area contributed by atoms with Crippen molar-refractivity contribution in [1.29, 1.82) is 0 Å². The number of amides is 1. The molecule has 0 heterocycles. The van der Waals surface area contributed by atoms with E-state index in [1.807, 2.05) is 67.6 Å². The van der Waals surface area contributed by atoms with Gasteiger partial charge in [-0.2, -0.15) is 0 Å². The zero-order valence-electron chi connectivity index (χ0n) is 15.1. The second-order valence-corrected chi connectivity index (χ2v) is 6.15. The van der Waals surface area contributed by atoms with Gasteiger partial charge < -0.3 is 14.8 Å². The van der Waals surface area contributed by atoms with Crippen LogP contribution in [0, 0.1) is 0 Å². The summed E-state index contributed by atoms with van der Waals surface area (Å²) in [6.07, 6.45) is 0. The molecule has 3 rings (SSSR count). The Kier molecular flexibility index (Phi) is 5.74. The Morgan fingerprint density at radius 1 is 0.962 bits per heavy atom. The van der Waals surface area contributed by atoms with Gasteiger partial charge in [0.1, 0.15) is 18.1 Å². The molecule has 0 saturated heterocycles. The average Bonchev–Trinajstić information content (AvgIpc) is 2.70. The van der Waals surface area contributed by atoms with E-state index in [1.54, 1.807) is 7.11 Å². The van der Waals surface area contributed by atoms with Gasteiger partial charge in [-0.15, -0.1) is 0 Å². The summed E-state index contributed by atoms with van der Waals surface area (Å²) in [7, 11) is 1.66. The molecule has 0 unspecified atom stereocenters. The maximum Gasteiger partial charge on any atom is 0.227 e. The van der Waals surface area contributed by atoms with Gasteiger partial charge in [-0.3, -0.25) is 4.79 Å². The first-order chi connectivity index (χ1) is 12.7. The van der Waals surface area contributed by atoms with Crippen molar-refractivity contribution in [3.63, 3.8) is 0 Å². The molecule has 0 aromatic heterocycles. The Bertz CT molecular complexity index is 877. The van der Waals surface area contributed by atoms with Crippen LogP contribution in [0.1, 0.15) is 18.4 Å². The minimum absolute atomic E-state index is 0.00507. The van der Waals surface area contributed by atoms with Crippen LogP contribution < -0.4 is 14.8 Å². The molecule has 3 aromatic carbocycles. The number of hydrogen-bond acceptors (Lipinski definition) is 3. The molecule has 0 aliphatic carbocycles. The largest absolute Gasteiger partial charge is 0.497 e. The summed E-state index contributed by atoms with van der Waals surface area (Å²) in [5.41, 5.74) is 0.990. The molecular weight excluding hydrogens is 326 g/mol. The van der Waals surface area contributed by atoms with Crippen molar-refractivity contribution in [2.24, 2.45) is 0 Å². The van der Waals surface area contributed by atoms with Crippen LogP contribution in [0.5, 0.6) is 11.5 Å². The van der Waals surface area contributed by atoms with Crippen molar-refractivity contribution in [3.05, 3.63) is 72.3 Å². The fourth-order valence-electron chi connectivity index (χ4n) is 2.80. The van der Waals surface area contributed by atoms with Crippen LogP contribution in [0.4, 0.5) is 0 Å². The summed E-state index contributed by atoms with van der Waals surface area (Å²) < 4.78 is 10.8. The number of hydrogen-bond donors (Lipinski definition) is 1. The molecule has 0 spiro atoms. The van der Waals surface area contributed by atoms with Crippen LogP contribution in [0.3, 0.4) is 0 Å². The molecule has 26 heavy (non-hydrogen) atoms. The van der Waals surface area contributed by atoms with E-state index in [1.165, 1.54) is 0 Å². The molecule has 3 aromatic rings. The van der Waals surface area contributed by atoms with Gasteiger partial charge in [0, 0.05) is 0 Å². The standard InChI is InChI=1S/C22H23NO3/c1-16(22(24)23-12-13-26-20-6-4-3-5-7-20)17-8-9-19-15-21(25-2)11-10-18(19)14-17/h3-11,14-16H,12-13H2,1-2H3,(H,23,24)/t16-/m0/s1. The third-order valence-electron chi connectivity index (χ3n) is 4.38. The fourth-order valence-corrected chi connectivity index (χ4v) is 2.80. The summed E-state index contributed by atoms with van der Waals surface area (Å²) in [4.78, 5) is 12.4. The zero-order chi connectivity index (χ0) is 18.4. The Morgan fingerprint density at radius 2 is 1.69 bits per heavy atom. The normalized spacial score (nSPS) is 11.8. The van der Waals surface area contributed by atoms with Crippen LogP contribution in [0.15, 0.2) is 66.7 Å². The number of rotatable bonds is 7. The molecule has 0 saturated carbocycles. The van der Waals surface area contributed by atoms with E-state index in [0.717, 1.165) is 27.8 Å². The van der Waals surface area contributed by atoms with Crippen molar-refractivity contribution in [1.82, 2.24) is 5.32 Å². The van der Waals surface area contributed by atoms with Crippen LogP contribution in [-0.4, -0.2) is 26.2 Å². The van der Waals surface area contributed by atoms with Crippen molar-refractivity contribution < 1.29 is 14.3 Å². The van der Waals surface area contributed by atoms with Crippen molar-refractivity contribution in [2.45, 2.75) is 12.8 Å². The van der Waals surface area contributed by atoms with Crippen LogP contribution in [-0.2, 0) is 4.79 Å². The van der Waals surface area contributed by atoms with E-state index in [0.29, 0.717) is 13.2 Å². The lowest BCUT2D eigenvalue weighted by Crippen LogP contribution is -2.31. The molecule has 0 bridgehead atoms. The molecule has 1 N–H and O–H groups in total. The number of fused-ring (bicyclic) bond motifs is 1. The van der Waals surface area contributed by atoms with Gasteiger partial charge in [0.05, 0.1) is 19.6 Å². The summed E-state index contributed by atoms with van der Waals surface area (Å²) in [6.45, 7) is 2.83. The molecule has 0 fully saturated rings. The second kappa shape index (κ2) is 8.39. The van der Waals surface area contributed by atoms with Gasteiger partial charge in [-0.05, 0) is 47.5 Å². The van der Waals surface area contributed by atoms with Crippen molar-refractivity contribution in [3.8, 4) is 11.5 Å². The quantitative estimate of drug-likeness (QED) is 0.652. The van der Waals surface area contributed by atoms with Crippen LogP contribution >= 0.6 is 0 Å². The summed E-state index contributed by atoms with van der Waals surface area (Å²) in [6, 6.07) is 21.6. The van der Waals surface area contributed by atoms with E-state index in [2.05, 4.69) is 11.4 Å². The molecule has 0 aliphatic heterocycles. The minimum atomic E-state index is -0.224. The lowest BCUT2D eigenvalue weighted by molar-refractivity contribution is -0.122. The average molecular weight is 349 g/mol. The van der Waals surface area contributed by atoms with Gasteiger partial charge in [-0.25, -0.2) is 0 Å². The Labute approximate surface area is 153 Å². The third-order valence-corrected chi connectivity index (χ3v) is 4.38. The predicted octanol–water partition coefficient (Wildman–Crippen LogP) is 4.15. The van der Waals surface area contributed by atoms with Gasteiger partial charge in [0.15, 0.2) is 0 Å². The van der Waals surface area contributed by atoms with Gasteiger partial charge in [0.2, 0.25) is 5.91 Å². The van der Waals surface area contributed by atoms with Gasteiger partial charge in [-0.1, -0.05) is 42.5 Å². The Hall–Kier alpha value is -3.01. The molecule has 4 heteroatoms. The number of carbonyl (C=O) groups excluding carboxylic acids is 1. The molecule has 4 nitrogen and oxygen atoms in total. The first-order valence-electron chi connectivity index (χ1n) is 8.70. The third kappa shape index (κ3) is 4.33. The molecule has 0 radical (unpaired) electrons. The van der Waals surface area contributed by atoms with Gasteiger partial charge in [0.25, 0.3) is 0 Å². The highest BCUT2D eigenvalue weighted by Gasteiger charge is 2.15. The smallest absolute Gasteiger partial charge is 0.227 e. The number of carbonyl (C=O) groups is 1. The fraction of sp³-hybridized carbons (Fsp3) is 0.227. The van der Waals surface area contributed by atoms with E-state index >= 15 is 0 Å². The molecule has 0 aliphatic rings. The molecule has 1 amide bonds. The highest BCUT2D eigenvalue weighted by Crippen LogP contribution is 2.25. The van der Waals surface area contributed by atoms with E-state index in [-0.39, 0.29) is 11.8 Å². The highest BCUT2D eigenvalue weighted by molar-refractivity contribution is 5.88. The zero-order valence-corrected chi connectivity index (χ0v) is 15.1. The monoisotopic (exact) mass is 349 g/mol. The lowest BCUT2D eigenvalue weighted by atomic mass is 9.97. The first-order valence-corrected chi connectivity index (χ1v) is 8.70. The van der Waals surface area contributed by atoms with E-state index < -0.39 is 0 Å². The first kappa shape index (κ1) is 17.8. The summed E-state index contributed by atoms with van der Waals surface area (Å²) in [5, 5.41) is 5.12. The van der Waals surface area contributed by atoms with Gasteiger partial charge >= 0.3 is 0 Å². The summed E-state index contributed by atoms with van der Waals surface area (Å²) >= 11 is 0. The minimum Gasteiger partial charge on any atom is -0.497 e. The van der Waals surface area contributed by atoms with Crippen LogP contribution in [0.25, 0.3) is 10.8 Å². The SMILES string of the molecule is COc1ccc2cc([C@H](C)C(=O)NCCOc3ccccc3)ccc2c1. The Morgan fingerprint density at radius 3 is 2.46 bits per heavy atom. The summed E-state index contributed by atoms with van der Waals surface area (Å²) in [5.74, 6) is 1.40. The molecule has 1 atom stereocenters. The molecular formula is C22H23NO3. The number of methoxy groups -OCH3 is 1.